The normalized spacial score (nSPS) is 14.7. The molecule has 32 heavy (non-hydrogen) atoms. The van der Waals surface area contributed by atoms with Crippen molar-refractivity contribution in [3.8, 4) is 28.8 Å². The van der Waals surface area contributed by atoms with Crippen LogP contribution in [0.2, 0.25) is 5.02 Å². The van der Waals surface area contributed by atoms with Crippen molar-refractivity contribution in [2.45, 2.75) is 12.7 Å². The van der Waals surface area contributed by atoms with Crippen LogP contribution in [0.15, 0.2) is 54.6 Å². The highest BCUT2D eigenvalue weighted by molar-refractivity contribution is 6.31. The molecule has 0 saturated carbocycles. The lowest BCUT2D eigenvalue weighted by molar-refractivity contribution is 0.212. The molecular weight excluding hydrogens is 431 g/mol. The number of nitriles is 1. The van der Waals surface area contributed by atoms with Crippen molar-refractivity contribution in [3.05, 3.63) is 87.7 Å². The molecule has 1 aromatic heterocycles. The van der Waals surface area contributed by atoms with Crippen LogP contribution in [0.25, 0.3) is 22.2 Å². The number of ether oxygens (including phenoxy) is 2. The lowest BCUT2D eigenvalue weighted by Crippen LogP contribution is -2.05. The molecule has 7 heteroatoms. The minimum Gasteiger partial charge on any atom is -0.495 e. The molecule has 1 unspecified atom stereocenters. The fourth-order valence-electron chi connectivity index (χ4n) is 4.09. The summed E-state index contributed by atoms with van der Waals surface area (Å²) >= 11 is 5.94. The van der Waals surface area contributed by atoms with E-state index >= 15 is 0 Å². The Morgan fingerprint density at radius 3 is 2.84 bits per heavy atom. The molecule has 0 aliphatic carbocycles. The summed E-state index contributed by atoms with van der Waals surface area (Å²) in [5.74, 6) is 0.362. The Bertz CT molecular complexity index is 1430. The van der Waals surface area contributed by atoms with Crippen molar-refractivity contribution in [2.75, 3.05) is 7.11 Å². The summed E-state index contributed by atoms with van der Waals surface area (Å²) in [6.45, 7) is 0.157. The summed E-state index contributed by atoms with van der Waals surface area (Å²) < 4.78 is 25.5. The molecule has 4 aromatic rings. The minimum absolute atomic E-state index is 0.00947. The molecule has 0 spiro atoms. The van der Waals surface area contributed by atoms with E-state index in [-0.39, 0.29) is 11.6 Å². The lowest BCUT2D eigenvalue weighted by atomic mass is 9.92. The number of methoxy groups -OCH3 is 1. The number of hydrogen-bond acceptors (Lipinski definition) is 5. The van der Waals surface area contributed by atoms with E-state index in [9.17, 15) is 14.8 Å². The molecule has 1 aliphatic heterocycles. The molecule has 158 valence electrons. The summed E-state index contributed by atoms with van der Waals surface area (Å²) in [5, 5.41) is 21.3. The van der Waals surface area contributed by atoms with Gasteiger partial charge >= 0.3 is 0 Å². The summed E-state index contributed by atoms with van der Waals surface area (Å²) in [7, 11) is 1.51. The number of aliphatic hydroxyl groups is 1. The van der Waals surface area contributed by atoms with Gasteiger partial charge in [0.25, 0.3) is 0 Å². The Balaban J connectivity index is 1.70. The second-order valence-electron chi connectivity index (χ2n) is 7.39. The first-order valence-electron chi connectivity index (χ1n) is 9.81. The first-order valence-corrected chi connectivity index (χ1v) is 10.2. The molecule has 0 saturated heterocycles. The van der Waals surface area contributed by atoms with Crippen LogP contribution in [0, 0.1) is 17.1 Å². The van der Waals surface area contributed by atoms with E-state index in [4.69, 9.17) is 21.1 Å². The third kappa shape index (κ3) is 3.14. The van der Waals surface area contributed by atoms with Crippen LogP contribution in [0.4, 0.5) is 4.39 Å². The van der Waals surface area contributed by atoms with E-state index in [0.29, 0.717) is 55.9 Å². The average molecular weight is 447 g/mol. The smallest absolute Gasteiger partial charge is 0.142 e. The topological polar surface area (TPSA) is 75.4 Å². The van der Waals surface area contributed by atoms with Gasteiger partial charge in [0, 0.05) is 16.5 Å². The fourth-order valence-corrected chi connectivity index (χ4v) is 4.25. The number of pyridine rings is 1. The molecule has 0 amide bonds. The number of benzene rings is 3. The number of fused-ring (bicyclic) bond motifs is 3. The predicted molar refractivity (Wildman–Crippen MR) is 118 cm³/mol. The summed E-state index contributed by atoms with van der Waals surface area (Å²) in [5.41, 5.74) is 3.88. The van der Waals surface area contributed by atoms with Crippen molar-refractivity contribution < 1.29 is 19.0 Å². The maximum Gasteiger partial charge on any atom is 0.142 e. The maximum atomic E-state index is 13.8. The molecular formula is C25H16ClFN2O3. The van der Waals surface area contributed by atoms with Gasteiger partial charge in [0.15, 0.2) is 0 Å². The summed E-state index contributed by atoms with van der Waals surface area (Å²) in [6, 6.07) is 17.2. The van der Waals surface area contributed by atoms with E-state index in [1.165, 1.54) is 19.2 Å². The number of rotatable bonds is 2. The maximum absolute atomic E-state index is 13.8. The van der Waals surface area contributed by atoms with Gasteiger partial charge in [-0.05, 0) is 42.0 Å². The van der Waals surface area contributed by atoms with Gasteiger partial charge in [-0.1, -0.05) is 29.8 Å². The van der Waals surface area contributed by atoms with Crippen molar-refractivity contribution in [2.24, 2.45) is 0 Å². The van der Waals surface area contributed by atoms with Crippen LogP contribution >= 0.6 is 11.6 Å². The van der Waals surface area contributed by atoms with Crippen molar-refractivity contribution in [3.63, 3.8) is 0 Å². The number of aromatic nitrogens is 1. The van der Waals surface area contributed by atoms with Crippen LogP contribution in [0.5, 0.6) is 11.5 Å². The largest absolute Gasteiger partial charge is 0.495 e. The van der Waals surface area contributed by atoms with Crippen LogP contribution in [0.1, 0.15) is 28.4 Å². The summed E-state index contributed by atoms with van der Waals surface area (Å²) in [4.78, 5) is 4.63. The van der Waals surface area contributed by atoms with Gasteiger partial charge in [0.05, 0.1) is 40.5 Å². The van der Waals surface area contributed by atoms with Gasteiger partial charge in [-0.25, -0.2) is 9.37 Å². The molecule has 5 nitrogen and oxygen atoms in total. The van der Waals surface area contributed by atoms with Gasteiger partial charge in [0.2, 0.25) is 0 Å². The molecule has 1 N–H and O–H groups in total. The highest BCUT2D eigenvalue weighted by Gasteiger charge is 2.30. The highest BCUT2D eigenvalue weighted by atomic mass is 35.5. The predicted octanol–water partition coefficient (Wildman–Crippen LogP) is 5.55. The molecule has 0 radical (unpaired) electrons. The quantitative estimate of drug-likeness (QED) is 0.437. The van der Waals surface area contributed by atoms with Gasteiger partial charge < -0.3 is 14.6 Å². The Kier molecular flexibility index (Phi) is 4.93. The first kappa shape index (κ1) is 20.3. The second kappa shape index (κ2) is 7.79. The van der Waals surface area contributed by atoms with E-state index < -0.39 is 11.9 Å². The average Bonchev–Trinajstić information content (AvgIpc) is 2.95. The van der Waals surface area contributed by atoms with Crippen LogP contribution in [-0.4, -0.2) is 17.2 Å². The standard InChI is InChI=1S/C25H16ClFN2O3/c1-31-25-16(20-7-5-13-9-19(27)18(26)10-21(13)29-20)6-8-22-23(25)24(30)15-4-2-3-14(11-28)17(15)12-32-22/h2-10,24,30H,12H2,1H3. The van der Waals surface area contributed by atoms with Gasteiger partial charge in [-0.15, -0.1) is 0 Å². The number of hydrogen-bond donors (Lipinski definition) is 1. The Hall–Kier alpha value is -3.66. The Morgan fingerprint density at radius 2 is 2.06 bits per heavy atom. The molecule has 0 bridgehead atoms. The lowest BCUT2D eigenvalue weighted by Gasteiger charge is -2.19. The minimum atomic E-state index is -1.06. The Morgan fingerprint density at radius 1 is 1.22 bits per heavy atom. The van der Waals surface area contributed by atoms with E-state index in [1.54, 1.807) is 42.5 Å². The first-order chi connectivity index (χ1) is 15.5. The van der Waals surface area contributed by atoms with Crippen LogP contribution < -0.4 is 9.47 Å². The molecule has 2 heterocycles. The van der Waals surface area contributed by atoms with Crippen molar-refractivity contribution in [1.82, 2.24) is 4.98 Å². The highest BCUT2D eigenvalue weighted by Crippen LogP contribution is 2.46. The monoisotopic (exact) mass is 446 g/mol. The van der Waals surface area contributed by atoms with Gasteiger partial charge in [-0.2, -0.15) is 5.26 Å². The third-order valence-corrected chi connectivity index (χ3v) is 5.93. The second-order valence-corrected chi connectivity index (χ2v) is 7.80. The molecule has 0 fully saturated rings. The number of halogens is 2. The number of nitrogens with zero attached hydrogens (tertiary/aromatic N) is 2. The van der Waals surface area contributed by atoms with Gasteiger partial charge in [0.1, 0.15) is 30.0 Å². The zero-order valence-corrected chi connectivity index (χ0v) is 17.7. The van der Waals surface area contributed by atoms with Crippen LogP contribution in [-0.2, 0) is 6.61 Å². The SMILES string of the molecule is COc1c(-c2ccc3cc(F)c(Cl)cc3n2)ccc2c1C(O)c1cccc(C#N)c1CO2. The molecule has 1 aliphatic rings. The zero-order chi connectivity index (χ0) is 22.4. The van der Waals surface area contributed by atoms with E-state index in [1.807, 2.05) is 0 Å². The van der Waals surface area contributed by atoms with E-state index in [0.717, 1.165) is 0 Å². The van der Waals surface area contributed by atoms with Crippen molar-refractivity contribution in [1.29, 1.82) is 5.26 Å². The van der Waals surface area contributed by atoms with Crippen molar-refractivity contribution >= 4 is 22.5 Å². The summed E-state index contributed by atoms with van der Waals surface area (Å²) in [6.07, 6.45) is -1.06. The molecule has 5 rings (SSSR count). The van der Waals surface area contributed by atoms with Crippen LogP contribution in [0.3, 0.4) is 0 Å². The van der Waals surface area contributed by atoms with E-state index in [2.05, 4.69) is 11.1 Å². The van der Waals surface area contributed by atoms with Gasteiger partial charge in [-0.3, -0.25) is 0 Å². The zero-order valence-electron chi connectivity index (χ0n) is 16.9. The fraction of sp³-hybridized carbons (Fsp3) is 0.120. The molecule has 1 atom stereocenters. The Labute approximate surface area is 188 Å². The number of aliphatic hydroxyl groups excluding tert-OH is 1. The molecule has 3 aromatic carbocycles. The third-order valence-electron chi connectivity index (χ3n) is 5.64.